The Morgan fingerprint density at radius 2 is 2.05 bits per heavy atom. The molecule has 20 heavy (non-hydrogen) atoms. The van der Waals surface area contributed by atoms with E-state index in [-0.39, 0.29) is 18.3 Å². The number of hydrogen-bond donors (Lipinski definition) is 2. The van der Waals surface area contributed by atoms with Gasteiger partial charge in [-0.2, -0.15) is 0 Å². The molecule has 0 radical (unpaired) electrons. The average molecular weight is 380 g/mol. The summed E-state index contributed by atoms with van der Waals surface area (Å²) in [4.78, 5) is 13.0. The Morgan fingerprint density at radius 1 is 1.35 bits per heavy atom. The van der Waals surface area contributed by atoms with Crippen molar-refractivity contribution in [1.82, 2.24) is 10.6 Å². The van der Waals surface area contributed by atoms with Crippen molar-refractivity contribution in [2.45, 2.75) is 30.2 Å². The summed E-state index contributed by atoms with van der Waals surface area (Å²) in [6, 6.07) is 8.47. The number of piperidine rings is 1. The number of thioether (sulfide) groups is 1. The number of halogens is 2. The third-order valence-electron chi connectivity index (χ3n) is 3.13. The minimum Gasteiger partial charge on any atom is -0.353 e. The van der Waals surface area contributed by atoms with Gasteiger partial charge in [-0.1, -0.05) is 12.1 Å². The molecule has 0 atom stereocenters. The molecule has 6 heteroatoms. The van der Waals surface area contributed by atoms with Gasteiger partial charge in [0.05, 0.1) is 0 Å². The van der Waals surface area contributed by atoms with Crippen LogP contribution in [-0.2, 0) is 4.79 Å². The van der Waals surface area contributed by atoms with Gasteiger partial charge in [0, 0.05) is 27.6 Å². The van der Waals surface area contributed by atoms with E-state index in [1.165, 1.54) is 4.90 Å². The van der Waals surface area contributed by atoms with Crippen molar-refractivity contribution in [3.05, 3.63) is 28.7 Å². The molecule has 1 fully saturated rings. The van der Waals surface area contributed by atoms with Gasteiger partial charge in [-0.05, 0) is 54.0 Å². The van der Waals surface area contributed by atoms with Crippen molar-refractivity contribution in [1.29, 1.82) is 0 Å². The minimum atomic E-state index is 0. The Kier molecular flexibility index (Phi) is 8.61. The predicted octanol–water partition coefficient (Wildman–Crippen LogP) is 3.22. The maximum atomic E-state index is 11.8. The van der Waals surface area contributed by atoms with E-state index in [2.05, 4.69) is 32.6 Å². The molecular weight excluding hydrogens is 360 g/mol. The van der Waals surface area contributed by atoms with Gasteiger partial charge >= 0.3 is 0 Å². The molecule has 0 aliphatic carbocycles. The molecule has 0 saturated carbocycles. The molecule has 1 heterocycles. The smallest absolute Gasteiger partial charge is 0.221 e. The first kappa shape index (κ1) is 17.8. The zero-order valence-electron chi connectivity index (χ0n) is 11.2. The fraction of sp³-hybridized carbons (Fsp3) is 0.500. The van der Waals surface area contributed by atoms with Gasteiger partial charge in [-0.15, -0.1) is 24.2 Å². The van der Waals surface area contributed by atoms with Crippen LogP contribution in [0.4, 0.5) is 0 Å². The Morgan fingerprint density at radius 3 is 2.75 bits per heavy atom. The Labute approximate surface area is 139 Å². The maximum absolute atomic E-state index is 11.8. The highest BCUT2D eigenvalue weighted by Gasteiger charge is 2.14. The quantitative estimate of drug-likeness (QED) is 0.772. The summed E-state index contributed by atoms with van der Waals surface area (Å²) in [5.74, 6) is 0.992. The van der Waals surface area contributed by atoms with E-state index in [0.29, 0.717) is 12.5 Å². The first-order valence-corrected chi connectivity index (χ1v) is 8.41. The van der Waals surface area contributed by atoms with Gasteiger partial charge in [0.1, 0.15) is 0 Å². The molecule has 3 nitrogen and oxygen atoms in total. The van der Waals surface area contributed by atoms with Crippen molar-refractivity contribution >= 4 is 46.0 Å². The molecular formula is C14H20BrClN2OS. The summed E-state index contributed by atoms with van der Waals surface area (Å²) in [5.41, 5.74) is 0. The topological polar surface area (TPSA) is 41.1 Å². The number of carbonyl (C=O) groups excluding carboxylic acids is 1. The first-order chi connectivity index (χ1) is 9.25. The van der Waals surface area contributed by atoms with Crippen LogP contribution in [0.2, 0.25) is 0 Å². The molecule has 0 bridgehead atoms. The molecule has 112 valence electrons. The van der Waals surface area contributed by atoms with Crippen LogP contribution in [0.1, 0.15) is 19.3 Å². The van der Waals surface area contributed by atoms with E-state index in [1.807, 2.05) is 18.2 Å². The zero-order chi connectivity index (χ0) is 13.5. The van der Waals surface area contributed by atoms with Gasteiger partial charge < -0.3 is 10.6 Å². The van der Waals surface area contributed by atoms with Gasteiger partial charge in [-0.3, -0.25) is 4.79 Å². The van der Waals surface area contributed by atoms with E-state index < -0.39 is 0 Å². The van der Waals surface area contributed by atoms with Crippen molar-refractivity contribution in [3.8, 4) is 0 Å². The van der Waals surface area contributed by atoms with Crippen LogP contribution in [0.15, 0.2) is 33.6 Å². The van der Waals surface area contributed by atoms with Crippen LogP contribution in [0, 0.1) is 0 Å². The van der Waals surface area contributed by atoms with Gasteiger partial charge in [-0.25, -0.2) is 0 Å². The van der Waals surface area contributed by atoms with Gasteiger partial charge in [0.2, 0.25) is 5.91 Å². The Bertz CT molecular complexity index is 427. The monoisotopic (exact) mass is 378 g/mol. The van der Waals surface area contributed by atoms with Crippen LogP contribution in [0.3, 0.4) is 0 Å². The summed E-state index contributed by atoms with van der Waals surface area (Å²) in [7, 11) is 0. The highest BCUT2D eigenvalue weighted by molar-refractivity contribution is 9.10. The number of hydrogen-bond acceptors (Lipinski definition) is 3. The molecule has 1 amide bonds. The van der Waals surface area contributed by atoms with E-state index >= 15 is 0 Å². The molecule has 0 aromatic heterocycles. The second-order valence-electron chi connectivity index (χ2n) is 4.62. The maximum Gasteiger partial charge on any atom is 0.221 e. The van der Waals surface area contributed by atoms with Crippen molar-refractivity contribution < 1.29 is 4.79 Å². The van der Waals surface area contributed by atoms with Gasteiger partial charge in [0.25, 0.3) is 0 Å². The normalized spacial score (nSPS) is 15.4. The molecule has 1 aliphatic rings. The highest BCUT2D eigenvalue weighted by Crippen LogP contribution is 2.27. The fourth-order valence-corrected chi connectivity index (χ4v) is 3.60. The summed E-state index contributed by atoms with van der Waals surface area (Å²) >= 11 is 5.23. The van der Waals surface area contributed by atoms with Crippen LogP contribution < -0.4 is 10.6 Å². The van der Waals surface area contributed by atoms with Crippen molar-refractivity contribution in [2.75, 3.05) is 18.8 Å². The summed E-state index contributed by atoms with van der Waals surface area (Å²) in [6.45, 7) is 2.02. The third kappa shape index (κ3) is 6.04. The molecule has 1 aromatic carbocycles. The fourth-order valence-electron chi connectivity index (χ4n) is 2.08. The van der Waals surface area contributed by atoms with Crippen LogP contribution in [0.5, 0.6) is 0 Å². The van der Waals surface area contributed by atoms with Crippen LogP contribution in [0.25, 0.3) is 0 Å². The summed E-state index contributed by atoms with van der Waals surface area (Å²) < 4.78 is 1.10. The highest BCUT2D eigenvalue weighted by atomic mass is 79.9. The number of carbonyl (C=O) groups is 1. The predicted molar refractivity (Wildman–Crippen MR) is 90.8 cm³/mol. The second-order valence-corrected chi connectivity index (χ2v) is 6.61. The largest absolute Gasteiger partial charge is 0.353 e. The van der Waals surface area contributed by atoms with Crippen LogP contribution in [-0.4, -0.2) is 30.8 Å². The lowest BCUT2D eigenvalue weighted by atomic mass is 10.1. The van der Waals surface area contributed by atoms with Crippen molar-refractivity contribution in [3.63, 3.8) is 0 Å². The lowest BCUT2D eigenvalue weighted by molar-refractivity contribution is -0.121. The number of amides is 1. The summed E-state index contributed by atoms with van der Waals surface area (Å²) in [5, 5.41) is 6.41. The zero-order valence-corrected chi connectivity index (χ0v) is 14.5. The minimum absolute atomic E-state index is 0. The molecule has 0 spiro atoms. The first-order valence-electron chi connectivity index (χ1n) is 6.63. The molecule has 1 saturated heterocycles. The third-order valence-corrected chi connectivity index (χ3v) is 5.16. The molecule has 1 aliphatic heterocycles. The molecule has 0 unspecified atom stereocenters. The number of nitrogens with one attached hydrogen (secondary N) is 2. The Hall–Kier alpha value is -0.230. The van der Waals surface area contributed by atoms with Crippen LogP contribution >= 0.6 is 40.1 Å². The van der Waals surface area contributed by atoms with Gasteiger partial charge in [0.15, 0.2) is 0 Å². The molecule has 2 N–H and O–H groups in total. The van der Waals surface area contributed by atoms with E-state index in [9.17, 15) is 4.79 Å². The molecule has 1 aromatic rings. The second kappa shape index (κ2) is 9.66. The number of rotatable bonds is 5. The van der Waals surface area contributed by atoms with Crippen molar-refractivity contribution in [2.24, 2.45) is 0 Å². The standard InChI is InChI=1S/C14H19BrN2OS.ClH/c15-12-3-1-2-4-13(12)19-10-7-14(18)17-11-5-8-16-9-6-11;/h1-4,11,16H,5-10H2,(H,17,18);1H. The van der Waals surface area contributed by atoms with E-state index in [4.69, 9.17) is 0 Å². The summed E-state index contributed by atoms with van der Waals surface area (Å²) in [6.07, 6.45) is 2.67. The Balaban J connectivity index is 0.00000200. The number of benzene rings is 1. The lowest BCUT2D eigenvalue weighted by Gasteiger charge is -2.23. The lowest BCUT2D eigenvalue weighted by Crippen LogP contribution is -2.42. The van der Waals surface area contributed by atoms with E-state index in [1.54, 1.807) is 11.8 Å². The SMILES string of the molecule is Cl.O=C(CCSc1ccccc1Br)NC1CCNCC1. The molecule has 2 rings (SSSR count). The average Bonchev–Trinajstić information content (AvgIpc) is 2.42. The van der Waals surface area contributed by atoms with E-state index in [0.717, 1.165) is 36.2 Å².